The van der Waals surface area contributed by atoms with Crippen molar-refractivity contribution in [3.63, 3.8) is 0 Å². The first-order chi connectivity index (χ1) is 19.8. The summed E-state index contributed by atoms with van der Waals surface area (Å²) >= 11 is 0. The molecule has 188 valence electrons. The summed E-state index contributed by atoms with van der Waals surface area (Å²) in [6.07, 6.45) is 7.81. The van der Waals surface area contributed by atoms with Gasteiger partial charge in [-0.3, -0.25) is 0 Å². The predicted molar refractivity (Wildman–Crippen MR) is 170 cm³/mol. The topological polar surface area (TPSA) is 8.17 Å². The molecule has 1 aromatic heterocycles. The van der Waals surface area contributed by atoms with Crippen molar-refractivity contribution in [2.24, 2.45) is 0 Å². The van der Waals surface area contributed by atoms with Crippen molar-refractivity contribution in [1.29, 1.82) is 0 Å². The fraction of sp³-hybridized carbons (Fsp3) is 0.0526. The number of aromatic nitrogens is 1. The van der Waals surface area contributed by atoms with E-state index < -0.39 is 0 Å². The van der Waals surface area contributed by atoms with Gasteiger partial charge in [0.1, 0.15) is 0 Å². The minimum absolute atomic E-state index is 0.356. The molecule has 9 rings (SSSR count). The molecular formula is C38H26N2. The Bertz CT molecular complexity index is 2160. The molecule has 0 bridgehead atoms. The van der Waals surface area contributed by atoms with Gasteiger partial charge in [0.25, 0.3) is 0 Å². The van der Waals surface area contributed by atoms with Crippen LogP contribution < -0.4 is 4.90 Å². The largest absolute Gasteiger partial charge is 0.333 e. The highest BCUT2D eigenvalue weighted by Gasteiger charge is 2.34. The first-order valence-corrected chi connectivity index (χ1v) is 14.1. The molecule has 2 heteroatoms. The lowest BCUT2D eigenvalue weighted by Crippen LogP contribution is -2.27. The summed E-state index contributed by atoms with van der Waals surface area (Å²) in [6, 6.07) is 45.1. The first kappa shape index (κ1) is 21.8. The molecule has 0 saturated heterocycles. The van der Waals surface area contributed by atoms with Gasteiger partial charge in [0.2, 0.25) is 0 Å². The summed E-state index contributed by atoms with van der Waals surface area (Å²) < 4.78 is 2.39. The van der Waals surface area contributed by atoms with Crippen LogP contribution >= 0.6 is 0 Å². The number of benzene rings is 6. The van der Waals surface area contributed by atoms with E-state index in [1.54, 1.807) is 0 Å². The van der Waals surface area contributed by atoms with E-state index in [-0.39, 0.29) is 0 Å². The fourth-order valence-electron chi connectivity index (χ4n) is 7.08. The number of nitrogens with zero attached hydrogens (tertiary/aromatic N) is 2. The summed E-state index contributed by atoms with van der Waals surface area (Å²) in [6.45, 7) is 0. The van der Waals surface area contributed by atoms with Gasteiger partial charge in [0, 0.05) is 33.4 Å². The van der Waals surface area contributed by atoms with Gasteiger partial charge in [-0.1, -0.05) is 97.1 Å². The maximum atomic E-state index is 2.53. The van der Waals surface area contributed by atoms with Crippen molar-refractivity contribution in [3.8, 4) is 5.69 Å². The molecule has 1 aliphatic carbocycles. The van der Waals surface area contributed by atoms with Gasteiger partial charge in [0.05, 0.1) is 17.1 Å². The zero-order valence-electron chi connectivity index (χ0n) is 22.0. The van der Waals surface area contributed by atoms with Gasteiger partial charge < -0.3 is 9.47 Å². The van der Waals surface area contributed by atoms with Gasteiger partial charge in [-0.05, 0) is 76.0 Å². The van der Waals surface area contributed by atoms with E-state index >= 15 is 0 Å². The molecule has 0 spiro atoms. The van der Waals surface area contributed by atoms with E-state index in [1.165, 1.54) is 71.5 Å². The van der Waals surface area contributed by atoms with Gasteiger partial charge in [-0.2, -0.15) is 0 Å². The number of para-hydroxylation sites is 3. The van der Waals surface area contributed by atoms with E-state index in [2.05, 4.69) is 149 Å². The molecule has 0 saturated carbocycles. The van der Waals surface area contributed by atoms with Gasteiger partial charge in [0.15, 0.2) is 0 Å². The third-order valence-corrected chi connectivity index (χ3v) is 8.84. The minimum atomic E-state index is 0.356. The number of anilines is 2. The van der Waals surface area contributed by atoms with Crippen LogP contribution in [0.1, 0.15) is 12.0 Å². The van der Waals surface area contributed by atoms with Crippen LogP contribution in [0.5, 0.6) is 0 Å². The summed E-state index contributed by atoms with van der Waals surface area (Å²) in [4.78, 5) is 2.53. The second-order valence-corrected chi connectivity index (χ2v) is 10.9. The summed E-state index contributed by atoms with van der Waals surface area (Å²) in [5.74, 6) is 0. The lowest BCUT2D eigenvalue weighted by Gasteiger charge is -2.29. The Kier molecular flexibility index (Phi) is 4.48. The van der Waals surface area contributed by atoms with Crippen LogP contribution in [0.3, 0.4) is 0 Å². The molecule has 1 aliphatic heterocycles. The quantitative estimate of drug-likeness (QED) is 0.210. The Balaban J connectivity index is 1.19. The molecule has 7 aromatic rings. The molecule has 1 atom stereocenters. The Morgan fingerprint density at radius 3 is 1.93 bits per heavy atom. The van der Waals surface area contributed by atoms with E-state index in [9.17, 15) is 0 Å². The Labute approximate surface area is 232 Å². The number of hydrogen-bond donors (Lipinski definition) is 0. The number of fused-ring (bicyclic) bond motifs is 9. The Hall–Kier alpha value is -5.08. The summed E-state index contributed by atoms with van der Waals surface area (Å²) in [5, 5.41) is 7.70. The van der Waals surface area contributed by atoms with Crippen molar-refractivity contribution >= 4 is 60.3 Å². The van der Waals surface area contributed by atoms with Crippen LogP contribution in [0.25, 0.3) is 54.6 Å². The second-order valence-electron chi connectivity index (χ2n) is 10.9. The average Bonchev–Trinajstić information content (AvgIpc) is 3.54. The maximum Gasteiger partial charge on any atom is 0.0632 e. The van der Waals surface area contributed by atoms with Crippen molar-refractivity contribution < 1.29 is 0 Å². The van der Waals surface area contributed by atoms with Crippen LogP contribution in [-0.2, 0) is 0 Å². The molecule has 2 nitrogen and oxygen atoms in total. The molecule has 2 heterocycles. The smallest absolute Gasteiger partial charge is 0.0632 e. The second kappa shape index (κ2) is 8.21. The van der Waals surface area contributed by atoms with E-state index in [0.717, 1.165) is 6.42 Å². The highest BCUT2D eigenvalue weighted by Crippen LogP contribution is 2.47. The van der Waals surface area contributed by atoms with Gasteiger partial charge >= 0.3 is 0 Å². The van der Waals surface area contributed by atoms with Crippen LogP contribution in [0.15, 0.2) is 140 Å². The molecule has 2 aliphatic rings. The molecular weight excluding hydrogens is 484 g/mol. The van der Waals surface area contributed by atoms with E-state index in [4.69, 9.17) is 0 Å². The van der Waals surface area contributed by atoms with Crippen molar-refractivity contribution in [3.05, 3.63) is 145 Å². The molecule has 0 radical (unpaired) electrons. The normalized spacial score (nSPS) is 16.1. The minimum Gasteiger partial charge on any atom is -0.333 e. The standard InChI is InChI=1S/C38H26N2/c1-5-13-35-31(9-1)32-10-2-6-14-36(32)39(35)27-19-21-29-25(23-27)17-18-26-24-28(20-22-30(26)29)40-37-15-7-3-11-33(37)34-12-4-8-16-38(34)40/h1-15,17-24,38H,16H2. The third kappa shape index (κ3) is 2.99. The van der Waals surface area contributed by atoms with Crippen molar-refractivity contribution in [2.45, 2.75) is 12.5 Å². The number of allylic oxidation sites excluding steroid dienone is 2. The van der Waals surface area contributed by atoms with Crippen LogP contribution in [-0.4, -0.2) is 10.6 Å². The van der Waals surface area contributed by atoms with Crippen molar-refractivity contribution in [1.82, 2.24) is 4.57 Å². The SMILES string of the molecule is C1=CCC2C(=C1)c1ccccc1N2c1ccc2c(ccc3cc(-n4c5ccccc5c5ccccc54)ccc32)c1. The highest BCUT2D eigenvalue weighted by atomic mass is 15.2. The van der Waals surface area contributed by atoms with Crippen LogP contribution in [0.4, 0.5) is 11.4 Å². The highest BCUT2D eigenvalue weighted by molar-refractivity contribution is 6.11. The Morgan fingerprint density at radius 1 is 0.550 bits per heavy atom. The molecule has 0 fully saturated rings. The molecule has 40 heavy (non-hydrogen) atoms. The number of hydrogen-bond acceptors (Lipinski definition) is 1. The molecule has 6 aromatic carbocycles. The molecule has 0 N–H and O–H groups in total. The zero-order chi connectivity index (χ0) is 26.2. The maximum absolute atomic E-state index is 2.53. The fourth-order valence-corrected chi connectivity index (χ4v) is 7.08. The lowest BCUT2D eigenvalue weighted by atomic mass is 9.96. The molecule has 0 amide bonds. The monoisotopic (exact) mass is 510 g/mol. The van der Waals surface area contributed by atoms with Crippen LogP contribution in [0.2, 0.25) is 0 Å². The van der Waals surface area contributed by atoms with Gasteiger partial charge in [-0.15, -0.1) is 0 Å². The van der Waals surface area contributed by atoms with Gasteiger partial charge in [-0.25, -0.2) is 0 Å². The summed E-state index contributed by atoms with van der Waals surface area (Å²) in [7, 11) is 0. The lowest BCUT2D eigenvalue weighted by molar-refractivity contribution is 0.830. The predicted octanol–water partition coefficient (Wildman–Crippen LogP) is 9.95. The van der Waals surface area contributed by atoms with Crippen LogP contribution in [0, 0.1) is 0 Å². The average molecular weight is 511 g/mol. The third-order valence-electron chi connectivity index (χ3n) is 8.84. The molecule has 1 unspecified atom stereocenters. The van der Waals surface area contributed by atoms with E-state index in [1.807, 2.05) is 0 Å². The van der Waals surface area contributed by atoms with E-state index in [0.29, 0.717) is 6.04 Å². The zero-order valence-corrected chi connectivity index (χ0v) is 22.0. The summed E-state index contributed by atoms with van der Waals surface area (Å²) in [5.41, 5.74) is 9.01. The Morgan fingerprint density at radius 2 is 1.18 bits per heavy atom. The number of rotatable bonds is 2. The first-order valence-electron chi connectivity index (χ1n) is 14.1. The van der Waals surface area contributed by atoms with Crippen molar-refractivity contribution in [2.75, 3.05) is 4.90 Å².